The molecule has 0 unspecified atom stereocenters. The van der Waals surface area contributed by atoms with Crippen LogP contribution in [0.15, 0.2) is 60.4 Å². The second-order valence-corrected chi connectivity index (χ2v) is 7.04. The van der Waals surface area contributed by atoms with Crippen LogP contribution in [-0.4, -0.2) is 30.6 Å². The van der Waals surface area contributed by atoms with E-state index in [1.807, 2.05) is 30.8 Å². The van der Waals surface area contributed by atoms with Gasteiger partial charge in [-0.1, -0.05) is 12.1 Å². The summed E-state index contributed by atoms with van der Waals surface area (Å²) in [4.78, 5) is 32.6. The van der Waals surface area contributed by atoms with Crippen LogP contribution in [0.1, 0.15) is 10.5 Å². The van der Waals surface area contributed by atoms with Gasteiger partial charge in [0.25, 0.3) is 5.91 Å². The third-order valence-electron chi connectivity index (χ3n) is 4.11. The van der Waals surface area contributed by atoms with Crippen molar-refractivity contribution in [3.05, 3.63) is 76.2 Å². The SMILES string of the molecule is Cn1cc(-c2ccc(C(=O)Nc3nc(-c4cccs4)ccc3[N+](=O)[O-])nc2)cn1. The minimum Gasteiger partial charge on any atom is -0.299 e. The summed E-state index contributed by atoms with van der Waals surface area (Å²) in [6.45, 7) is 0. The average molecular weight is 406 g/mol. The van der Waals surface area contributed by atoms with Gasteiger partial charge >= 0.3 is 5.69 Å². The van der Waals surface area contributed by atoms with E-state index in [9.17, 15) is 14.9 Å². The van der Waals surface area contributed by atoms with Crippen LogP contribution in [0.4, 0.5) is 11.5 Å². The van der Waals surface area contributed by atoms with E-state index in [-0.39, 0.29) is 17.2 Å². The van der Waals surface area contributed by atoms with Crippen molar-refractivity contribution in [2.45, 2.75) is 0 Å². The molecule has 0 atom stereocenters. The maximum Gasteiger partial charge on any atom is 0.311 e. The summed E-state index contributed by atoms with van der Waals surface area (Å²) >= 11 is 1.45. The number of pyridine rings is 2. The Kier molecular flexibility index (Phi) is 4.83. The summed E-state index contributed by atoms with van der Waals surface area (Å²) in [5.41, 5.74) is 2.05. The number of nitro groups is 1. The second kappa shape index (κ2) is 7.60. The fourth-order valence-electron chi connectivity index (χ4n) is 2.69. The highest BCUT2D eigenvalue weighted by Gasteiger charge is 2.20. The smallest absolute Gasteiger partial charge is 0.299 e. The molecule has 0 saturated carbocycles. The van der Waals surface area contributed by atoms with E-state index in [2.05, 4.69) is 20.4 Å². The van der Waals surface area contributed by atoms with E-state index in [0.717, 1.165) is 16.0 Å². The topological polar surface area (TPSA) is 116 Å². The average Bonchev–Trinajstić information content (AvgIpc) is 3.40. The molecule has 0 aliphatic carbocycles. The van der Waals surface area contributed by atoms with Gasteiger partial charge in [0.2, 0.25) is 5.82 Å². The number of nitrogens with one attached hydrogen (secondary N) is 1. The van der Waals surface area contributed by atoms with Crippen molar-refractivity contribution < 1.29 is 9.72 Å². The van der Waals surface area contributed by atoms with Gasteiger partial charge < -0.3 is 0 Å². The van der Waals surface area contributed by atoms with E-state index in [0.29, 0.717) is 5.69 Å². The molecule has 0 aromatic carbocycles. The Labute approximate surface area is 168 Å². The molecule has 10 heteroatoms. The second-order valence-electron chi connectivity index (χ2n) is 6.09. The fraction of sp³-hybridized carbons (Fsp3) is 0.0526. The first kappa shape index (κ1) is 18.4. The number of hydrogen-bond donors (Lipinski definition) is 1. The van der Waals surface area contributed by atoms with Crippen molar-refractivity contribution in [1.82, 2.24) is 19.7 Å². The minimum absolute atomic E-state index is 0.121. The first-order valence-electron chi connectivity index (χ1n) is 8.47. The summed E-state index contributed by atoms with van der Waals surface area (Å²) in [6, 6.07) is 9.88. The number of nitrogens with zero attached hydrogens (tertiary/aromatic N) is 5. The molecule has 4 aromatic heterocycles. The van der Waals surface area contributed by atoms with Crippen molar-refractivity contribution in [1.29, 1.82) is 0 Å². The van der Waals surface area contributed by atoms with Gasteiger partial charge in [0, 0.05) is 36.6 Å². The first-order chi connectivity index (χ1) is 14.0. The molecule has 0 spiro atoms. The number of amides is 1. The highest BCUT2D eigenvalue weighted by molar-refractivity contribution is 7.13. The van der Waals surface area contributed by atoms with Crippen LogP contribution < -0.4 is 5.32 Å². The van der Waals surface area contributed by atoms with Crippen molar-refractivity contribution in [2.75, 3.05) is 5.32 Å². The van der Waals surface area contributed by atoms with Gasteiger partial charge in [-0.05, 0) is 23.6 Å². The molecule has 0 radical (unpaired) electrons. The Hall–Kier alpha value is -3.92. The monoisotopic (exact) mass is 406 g/mol. The molecule has 144 valence electrons. The summed E-state index contributed by atoms with van der Waals surface area (Å²) in [5.74, 6) is -0.703. The molecular weight excluding hydrogens is 392 g/mol. The van der Waals surface area contributed by atoms with Gasteiger partial charge in [-0.3, -0.25) is 29.9 Å². The largest absolute Gasteiger partial charge is 0.311 e. The Morgan fingerprint density at radius 2 is 2.03 bits per heavy atom. The van der Waals surface area contributed by atoms with Crippen molar-refractivity contribution in [3.8, 4) is 21.7 Å². The predicted octanol–water partition coefficient (Wildman–Crippen LogP) is 3.77. The maximum atomic E-state index is 12.6. The zero-order valence-electron chi connectivity index (χ0n) is 15.1. The summed E-state index contributed by atoms with van der Waals surface area (Å²) in [5, 5.41) is 19.8. The normalized spacial score (nSPS) is 10.7. The Morgan fingerprint density at radius 3 is 2.66 bits per heavy atom. The van der Waals surface area contributed by atoms with E-state index >= 15 is 0 Å². The summed E-state index contributed by atoms with van der Waals surface area (Å²) in [7, 11) is 1.81. The fourth-order valence-corrected chi connectivity index (χ4v) is 3.39. The van der Waals surface area contributed by atoms with Crippen molar-refractivity contribution in [2.24, 2.45) is 7.05 Å². The number of hydrogen-bond acceptors (Lipinski definition) is 7. The van der Waals surface area contributed by atoms with E-state index in [1.54, 1.807) is 35.3 Å². The van der Waals surface area contributed by atoms with Crippen LogP contribution in [0.2, 0.25) is 0 Å². The van der Waals surface area contributed by atoms with Gasteiger partial charge in [0.1, 0.15) is 5.69 Å². The van der Waals surface area contributed by atoms with Gasteiger partial charge in [0.15, 0.2) is 0 Å². The van der Waals surface area contributed by atoms with Crippen molar-refractivity contribution in [3.63, 3.8) is 0 Å². The number of rotatable bonds is 5. The molecule has 4 rings (SSSR count). The highest BCUT2D eigenvalue weighted by Crippen LogP contribution is 2.29. The lowest BCUT2D eigenvalue weighted by Gasteiger charge is -2.07. The quantitative estimate of drug-likeness (QED) is 0.398. The first-order valence-corrected chi connectivity index (χ1v) is 9.35. The van der Waals surface area contributed by atoms with Gasteiger partial charge in [0.05, 0.1) is 21.7 Å². The lowest BCUT2D eigenvalue weighted by molar-refractivity contribution is -0.384. The zero-order valence-corrected chi connectivity index (χ0v) is 16.0. The third kappa shape index (κ3) is 3.87. The number of carbonyl (C=O) groups excluding carboxylic acids is 1. The van der Waals surface area contributed by atoms with Crippen LogP contribution in [0.25, 0.3) is 21.7 Å². The molecule has 0 bridgehead atoms. The number of aryl methyl sites for hydroxylation is 1. The van der Waals surface area contributed by atoms with Gasteiger partial charge in [-0.25, -0.2) is 4.98 Å². The van der Waals surface area contributed by atoms with E-state index < -0.39 is 10.8 Å². The Balaban J connectivity index is 1.60. The van der Waals surface area contributed by atoms with Crippen molar-refractivity contribution >= 4 is 28.7 Å². The lowest BCUT2D eigenvalue weighted by atomic mass is 10.1. The van der Waals surface area contributed by atoms with Crippen LogP contribution in [0.3, 0.4) is 0 Å². The molecule has 9 nitrogen and oxygen atoms in total. The molecule has 0 fully saturated rings. The van der Waals surface area contributed by atoms with Crippen LogP contribution >= 0.6 is 11.3 Å². The molecule has 0 aliphatic heterocycles. The Bertz CT molecular complexity index is 1190. The van der Waals surface area contributed by atoms with Gasteiger partial charge in [-0.15, -0.1) is 11.3 Å². The number of thiophene rings is 1. The van der Waals surface area contributed by atoms with E-state index in [4.69, 9.17) is 0 Å². The number of carbonyl (C=O) groups is 1. The maximum absolute atomic E-state index is 12.6. The third-order valence-corrected chi connectivity index (χ3v) is 5.00. The summed E-state index contributed by atoms with van der Waals surface area (Å²) in [6.07, 6.45) is 5.08. The van der Waals surface area contributed by atoms with Crippen LogP contribution in [0.5, 0.6) is 0 Å². The molecular formula is C19H14N6O3S. The lowest BCUT2D eigenvalue weighted by Crippen LogP contribution is -2.16. The highest BCUT2D eigenvalue weighted by atomic mass is 32.1. The minimum atomic E-state index is -0.584. The van der Waals surface area contributed by atoms with Crippen LogP contribution in [0, 0.1) is 10.1 Å². The molecule has 29 heavy (non-hydrogen) atoms. The summed E-state index contributed by atoms with van der Waals surface area (Å²) < 4.78 is 1.67. The number of anilines is 1. The standard InChI is InChI=1S/C19H14N6O3S/c1-24-11-13(10-21-24)12-4-5-15(20-9-12)19(26)23-18-16(25(27)28)7-6-14(22-18)17-3-2-8-29-17/h2-11H,1H3,(H,22,23,26). The molecule has 0 aliphatic rings. The Morgan fingerprint density at radius 1 is 1.17 bits per heavy atom. The number of aromatic nitrogens is 4. The molecule has 4 aromatic rings. The predicted molar refractivity (Wildman–Crippen MR) is 109 cm³/mol. The van der Waals surface area contributed by atoms with Crippen LogP contribution in [-0.2, 0) is 7.05 Å². The zero-order chi connectivity index (χ0) is 20.4. The molecule has 0 saturated heterocycles. The molecule has 4 heterocycles. The molecule has 1 amide bonds. The van der Waals surface area contributed by atoms with Gasteiger partial charge in [-0.2, -0.15) is 5.10 Å². The van der Waals surface area contributed by atoms with E-state index in [1.165, 1.54) is 17.4 Å². The molecule has 1 N–H and O–H groups in total.